The van der Waals surface area contributed by atoms with E-state index in [4.69, 9.17) is 4.98 Å². The quantitative estimate of drug-likeness (QED) is 0.843. The molecule has 0 aromatic carbocycles. The monoisotopic (exact) mass is 264 g/mol. The van der Waals surface area contributed by atoms with E-state index in [0.29, 0.717) is 0 Å². The van der Waals surface area contributed by atoms with Crippen LogP contribution in [0.15, 0.2) is 5.38 Å². The average molecular weight is 264 g/mol. The molecule has 4 nitrogen and oxygen atoms in total. The number of aromatic nitrogens is 3. The molecule has 2 heterocycles. The Morgan fingerprint density at radius 3 is 2.78 bits per heavy atom. The Kier molecular flexibility index (Phi) is 4.14. The Balaban J connectivity index is 2.19. The molecule has 5 heteroatoms. The van der Waals surface area contributed by atoms with Gasteiger partial charge in [-0.2, -0.15) is 5.10 Å². The lowest BCUT2D eigenvalue weighted by molar-refractivity contribution is 0.710. The molecule has 0 saturated heterocycles. The first kappa shape index (κ1) is 13.2. The third kappa shape index (κ3) is 2.62. The Labute approximate surface area is 112 Å². The summed E-state index contributed by atoms with van der Waals surface area (Å²) in [6.45, 7) is 8.26. The van der Waals surface area contributed by atoms with Crippen molar-refractivity contribution in [3.8, 4) is 10.6 Å². The zero-order valence-corrected chi connectivity index (χ0v) is 12.3. The summed E-state index contributed by atoms with van der Waals surface area (Å²) in [6.07, 6.45) is 0.989. The number of nitrogens with one attached hydrogen (secondary N) is 1. The summed E-state index contributed by atoms with van der Waals surface area (Å²) in [7, 11) is 1.98. The number of nitrogens with zero attached hydrogens (tertiary/aromatic N) is 3. The largest absolute Gasteiger partial charge is 0.317 e. The van der Waals surface area contributed by atoms with Crippen LogP contribution in [0.25, 0.3) is 10.6 Å². The minimum Gasteiger partial charge on any atom is -0.317 e. The van der Waals surface area contributed by atoms with Gasteiger partial charge in [-0.1, -0.05) is 6.92 Å². The smallest absolute Gasteiger partial charge is 0.127 e. The molecule has 0 aliphatic heterocycles. The van der Waals surface area contributed by atoms with E-state index in [1.807, 2.05) is 18.7 Å². The highest BCUT2D eigenvalue weighted by Gasteiger charge is 2.14. The third-order valence-corrected chi connectivity index (χ3v) is 3.99. The highest BCUT2D eigenvalue weighted by molar-refractivity contribution is 7.13. The molecule has 0 bridgehead atoms. The van der Waals surface area contributed by atoms with Gasteiger partial charge < -0.3 is 5.32 Å². The van der Waals surface area contributed by atoms with Crippen molar-refractivity contribution in [1.29, 1.82) is 0 Å². The van der Waals surface area contributed by atoms with E-state index in [1.54, 1.807) is 11.3 Å². The van der Waals surface area contributed by atoms with E-state index in [1.165, 1.54) is 17.0 Å². The summed E-state index contributed by atoms with van der Waals surface area (Å²) >= 11 is 1.71. The average Bonchev–Trinajstić information content (AvgIpc) is 2.86. The van der Waals surface area contributed by atoms with E-state index in [-0.39, 0.29) is 0 Å². The van der Waals surface area contributed by atoms with Crippen LogP contribution in [0.4, 0.5) is 0 Å². The molecule has 98 valence electrons. The highest BCUT2D eigenvalue weighted by atomic mass is 32.1. The van der Waals surface area contributed by atoms with Crippen LogP contribution in [-0.4, -0.2) is 27.9 Å². The molecule has 0 aliphatic carbocycles. The molecule has 2 aromatic rings. The maximum atomic E-state index is 4.71. The van der Waals surface area contributed by atoms with E-state index in [9.17, 15) is 0 Å². The van der Waals surface area contributed by atoms with Crippen molar-refractivity contribution in [2.24, 2.45) is 7.05 Å². The molecule has 1 N–H and O–H groups in total. The van der Waals surface area contributed by atoms with E-state index < -0.39 is 0 Å². The second-order valence-corrected chi connectivity index (χ2v) is 5.28. The first-order valence-electron chi connectivity index (χ1n) is 6.29. The van der Waals surface area contributed by atoms with Crippen LogP contribution in [0.2, 0.25) is 0 Å². The van der Waals surface area contributed by atoms with Crippen LogP contribution < -0.4 is 5.32 Å². The number of hydrogen-bond acceptors (Lipinski definition) is 4. The minimum atomic E-state index is 0.989. The molecular formula is C13H20N4S. The summed E-state index contributed by atoms with van der Waals surface area (Å²) in [4.78, 5) is 4.71. The lowest BCUT2D eigenvalue weighted by Gasteiger charge is -1.98. The highest BCUT2D eigenvalue weighted by Crippen LogP contribution is 2.29. The van der Waals surface area contributed by atoms with Crippen molar-refractivity contribution in [1.82, 2.24) is 20.1 Å². The predicted octanol–water partition coefficient (Wildman–Crippen LogP) is 2.31. The van der Waals surface area contributed by atoms with E-state index in [0.717, 1.165) is 30.2 Å². The predicted molar refractivity (Wildman–Crippen MR) is 76.0 cm³/mol. The zero-order chi connectivity index (χ0) is 13.1. The van der Waals surface area contributed by atoms with Crippen LogP contribution in [0.1, 0.15) is 24.0 Å². The van der Waals surface area contributed by atoms with Crippen molar-refractivity contribution in [2.45, 2.75) is 27.2 Å². The van der Waals surface area contributed by atoms with Gasteiger partial charge in [-0.25, -0.2) is 4.98 Å². The summed E-state index contributed by atoms with van der Waals surface area (Å²) in [5, 5.41) is 11.0. The molecule has 0 fully saturated rings. The Bertz CT molecular complexity index is 527. The van der Waals surface area contributed by atoms with Gasteiger partial charge in [-0.3, -0.25) is 4.68 Å². The van der Waals surface area contributed by atoms with Gasteiger partial charge in [0.1, 0.15) is 5.01 Å². The van der Waals surface area contributed by atoms with Gasteiger partial charge in [0, 0.05) is 31.1 Å². The standard InChI is InChI=1S/C13H20N4S/c1-5-14-7-6-11-8-18-13(15-11)12-9(2)16-17(4)10(12)3/h8,14H,5-7H2,1-4H3. The van der Waals surface area contributed by atoms with Crippen molar-refractivity contribution in [3.63, 3.8) is 0 Å². The molecule has 18 heavy (non-hydrogen) atoms. The van der Waals surface area contributed by atoms with Crippen LogP contribution in [0.3, 0.4) is 0 Å². The number of hydrogen-bond donors (Lipinski definition) is 1. The number of thiazole rings is 1. The number of aryl methyl sites for hydroxylation is 2. The Morgan fingerprint density at radius 2 is 2.17 bits per heavy atom. The lowest BCUT2D eigenvalue weighted by Crippen LogP contribution is -2.16. The summed E-state index contributed by atoms with van der Waals surface area (Å²) in [5.41, 5.74) is 4.60. The SMILES string of the molecule is CCNCCc1csc(-c2c(C)nn(C)c2C)n1. The normalized spacial score (nSPS) is 11.1. The molecule has 0 atom stereocenters. The summed E-state index contributed by atoms with van der Waals surface area (Å²) in [6, 6.07) is 0. The number of likely N-dealkylation sites (N-methyl/N-ethyl adjacent to an activating group) is 1. The fourth-order valence-corrected chi connectivity index (χ4v) is 3.01. The van der Waals surface area contributed by atoms with Gasteiger partial charge in [-0.15, -0.1) is 11.3 Å². The van der Waals surface area contributed by atoms with Gasteiger partial charge in [0.25, 0.3) is 0 Å². The van der Waals surface area contributed by atoms with Gasteiger partial charge in [0.05, 0.1) is 17.0 Å². The van der Waals surface area contributed by atoms with Gasteiger partial charge >= 0.3 is 0 Å². The molecule has 0 radical (unpaired) electrons. The summed E-state index contributed by atoms with van der Waals surface area (Å²) < 4.78 is 1.92. The second-order valence-electron chi connectivity index (χ2n) is 4.42. The molecule has 0 unspecified atom stereocenters. The van der Waals surface area contributed by atoms with Crippen LogP contribution in [0.5, 0.6) is 0 Å². The first-order chi connectivity index (χ1) is 8.63. The molecule has 0 saturated carbocycles. The fourth-order valence-electron chi connectivity index (χ4n) is 2.01. The zero-order valence-electron chi connectivity index (χ0n) is 11.4. The van der Waals surface area contributed by atoms with Crippen molar-refractivity contribution >= 4 is 11.3 Å². The topological polar surface area (TPSA) is 42.7 Å². The van der Waals surface area contributed by atoms with Gasteiger partial charge in [-0.05, 0) is 20.4 Å². The van der Waals surface area contributed by atoms with Crippen LogP contribution >= 0.6 is 11.3 Å². The Hall–Kier alpha value is -1.20. The van der Waals surface area contributed by atoms with Gasteiger partial charge in [0.15, 0.2) is 0 Å². The first-order valence-corrected chi connectivity index (χ1v) is 7.17. The van der Waals surface area contributed by atoms with Crippen LogP contribution in [0, 0.1) is 13.8 Å². The van der Waals surface area contributed by atoms with Gasteiger partial charge in [0.2, 0.25) is 0 Å². The van der Waals surface area contributed by atoms with Crippen molar-refractivity contribution in [3.05, 3.63) is 22.5 Å². The molecular weight excluding hydrogens is 244 g/mol. The van der Waals surface area contributed by atoms with Crippen molar-refractivity contribution < 1.29 is 0 Å². The summed E-state index contributed by atoms with van der Waals surface area (Å²) in [5.74, 6) is 0. The maximum Gasteiger partial charge on any atom is 0.127 e. The minimum absolute atomic E-state index is 0.989. The van der Waals surface area contributed by atoms with E-state index >= 15 is 0 Å². The maximum absolute atomic E-state index is 4.71. The molecule has 0 aliphatic rings. The molecule has 0 amide bonds. The third-order valence-electron chi connectivity index (χ3n) is 3.08. The Morgan fingerprint density at radius 1 is 1.39 bits per heavy atom. The second kappa shape index (κ2) is 5.63. The fraction of sp³-hybridized carbons (Fsp3) is 0.538. The van der Waals surface area contributed by atoms with Crippen LogP contribution in [-0.2, 0) is 13.5 Å². The van der Waals surface area contributed by atoms with Crippen molar-refractivity contribution in [2.75, 3.05) is 13.1 Å². The number of rotatable bonds is 5. The molecule has 2 rings (SSSR count). The molecule has 2 aromatic heterocycles. The lowest BCUT2D eigenvalue weighted by atomic mass is 10.2. The van der Waals surface area contributed by atoms with E-state index in [2.05, 4.69) is 29.6 Å². The molecule has 0 spiro atoms.